The van der Waals surface area contributed by atoms with Gasteiger partial charge in [0.2, 0.25) is 0 Å². The highest BCUT2D eigenvalue weighted by atomic mass is 35.5. The molecule has 0 amide bonds. The first-order valence-corrected chi connectivity index (χ1v) is 6.10. The molecule has 1 heterocycles. The van der Waals surface area contributed by atoms with Gasteiger partial charge in [-0.2, -0.15) is 0 Å². The number of ether oxygens (including phenoxy) is 1. The van der Waals surface area contributed by atoms with Crippen LogP contribution < -0.4 is 10.1 Å². The molecule has 0 radical (unpaired) electrons. The number of aryl methyl sites for hydroxylation is 1. The summed E-state index contributed by atoms with van der Waals surface area (Å²) in [6.45, 7) is 2.05. The first-order valence-electron chi connectivity index (χ1n) is 5.72. The average molecular weight is 266 g/mol. The van der Waals surface area contributed by atoms with Gasteiger partial charge in [-0.25, -0.2) is 0 Å². The van der Waals surface area contributed by atoms with Crippen LogP contribution in [0.4, 0.5) is 0 Å². The predicted molar refractivity (Wildman–Crippen MR) is 72.4 cm³/mol. The molecule has 2 rings (SSSR count). The summed E-state index contributed by atoms with van der Waals surface area (Å²) in [5.41, 5.74) is 3.24. The van der Waals surface area contributed by atoms with E-state index in [4.69, 9.17) is 20.8 Å². The molecule has 0 saturated heterocycles. The third-order valence-corrected chi connectivity index (χ3v) is 3.34. The number of rotatable bonds is 4. The van der Waals surface area contributed by atoms with Crippen LogP contribution in [-0.2, 0) is 0 Å². The molecule has 0 aliphatic heterocycles. The van der Waals surface area contributed by atoms with E-state index in [0.29, 0.717) is 5.22 Å². The lowest BCUT2D eigenvalue weighted by Crippen LogP contribution is -2.18. The Morgan fingerprint density at radius 2 is 2.06 bits per heavy atom. The number of hydrogen-bond donors (Lipinski definition) is 1. The van der Waals surface area contributed by atoms with E-state index < -0.39 is 0 Å². The summed E-state index contributed by atoms with van der Waals surface area (Å²) in [4.78, 5) is 0. The summed E-state index contributed by atoms with van der Waals surface area (Å²) in [5, 5.41) is 3.68. The van der Waals surface area contributed by atoms with E-state index in [1.165, 1.54) is 0 Å². The Hall–Kier alpha value is -1.45. The molecule has 0 aliphatic carbocycles. The Bertz CT molecular complexity index is 536. The second kappa shape index (κ2) is 5.46. The van der Waals surface area contributed by atoms with E-state index >= 15 is 0 Å². The minimum Gasteiger partial charge on any atom is -0.497 e. The topological polar surface area (TPSA) is 34.4 Å². The first kappa shape index (κ1) is 13.0. The van der Waals surface area contributed by atoms with Crippen molar-refractivity contribution in [2.45, 2.75) is 13.0 Å². The number of halogens is 1. The molecule has 0 bridgehead atoms. The highest BCUT2D eigenvalue weighted by Gasteiger charge is 2.19. The molecule has 0 saturated carbocycles. The van der Waals surface area contributed by atoms with Crippen molar-refractivity contribution in [2.24, 2.45) is 0 Å². The molecule has 1 N–H and O–H groups in total. The summed E-state index contributed by atoms with van der Waals surface area (Å²) < 4.78 is 10.4. The number of nitrogens with one attached hydrogen (secondary N) is 1. The number of furan rings is 1. The Morgan fingerprint density at radius 3 is 2.56 bits per heavy atom. The van der Waals surface area contributed by atoms with Crippen molar-refractivity contribution >= 4 is 11.6 Å². The Balaban J connectivity index is 2.42. The molecule has 18 heavy (non-hydrogen) atoms. The van der Waals surface area contributed by atoms with Gasteiger partial charge in [-0.3, -0.25) is 0 Å². The van der Waals surface area contributed by atoms with Gasteiger partial charge in [0.15, 0.2) is 5.22 Å². The average Bonchev–Trinajstić information content (AvgIpc) is 2.78. The van der Waals surface area contributed by atoms with E-state index in [9.17, 15) is 0 Å². The van der Waals surface area contributed by atoms with Crippen molar-refractivity contribution in [3.05, 3.63) is 52.4 Å². The van der Waals surface area contributed by atoms with Gasteiger partial charge >= 0.3 is 0 Å². The second-order valence-corrected chi connectivity index (χ2v) is 4.44. The van der Waals surface area contributed by atoms with E-state index in [-0.39, 0.29) is 6.04 Å². The summed E-state index contributed by atoms with van der Waals surface area (Å²) in [7, 11) is 3.56. The predicted octanol–water partition coefficient (Wildman–Crippen LogP) is 3.56. The fourth-order valence-electron chi connectivity index (χ4n) is 2.09. The zero-order valence-corrected chi connectivity index (χ0v) is 11.4. The molecule has 1 unspecified atom stereocenters. The molecule has 4 heteroatoms. The number of methoxy groups -OCH3 is 1. The van der Waals surface area contributed by atoms with Gasteiger partial charge in [-0.1, -0.05) is 6.07 Å². The van der Waals surface area contributed by atoms with E-state index in [2.05, 4.69) is 12.2 Å². The van der Waals surface area contributed by atoms with Gasteiger partial charge in [-0.15, -0.1) is 0 Å². The van der Waals surface area contributed by atoms with Crippen molar-refractivity contribution in [3.8, 4) is 5.75 Å². The van der Waals surface area contributed by atoms with Crippen molar-refractivity contribution < 1.29 is 9.15 Å². The van der Waals surface area contributed by atoms with E-state index in [1.807, 2.05) is 31.3 Å². The monoisotopic (exact) mass is 265 g/mol. The summed E-state index contributed by atoms with van der Waals surface area (Å²) in [6.07, 6.45) is 1.60. The van der Waals surface area contributed by atoms with Crippen LogP contribution in [-0.4, -0.2) is 14.2 Å². The highest BCUT2D eigenvalue weighted by molar-refractivity contribution is 6.29. The van der Waals surface area contributed by atoms with Crippen LogP contribution in [0.25, 0.3) is 0 Å². The summed E-state index contributed by atoms with van der Waals surface area (Å²) >= 11 is 6.04. The van der Waals surface area contributed by atoms with Crippen LogP contribution in [0.3, 0.4) is 0 Å². The van der Waals surface area contributed by atoms with Gasteiger partial charge in [0.25, 0.3) is 0 Å². The van der Waals surface area contributed by atoms with Gasteiger partial charge in [0.05, 0.1) is 19.4 Å². The van der Waals surface area contributed by atoms with Crippen molar-refractivity contribution in [2.75, 3.05) is 14.2 Å². The van der Waals surface area contributed by atoms with Crippen LogP contribution in [0, 0.1) is 6.92 Å². The maximum absolute atomic E-state index is 6.04. The first-order chi connectivity index (χ1) is 8.67. The lowest BCUT2D eigenvalue weighted by molar-refractivity contribution is 0.414. The van der Waals surface area contributed by atoms with E-state index in [1.54, 1.807) is 13.4 Å². The fraction of sp³-hybridized carbons (Fsp3) is 0.286. The van der Waals surface area contributed by atoms with Crippen molar-refractivity contribution in [1.82, 2.24) is 5.32 Å². The molecular formula is C14H16ClNO2. The summed E-state index contributed by atoms with van der Waals surface area (Å²) in [5.74, 6) is 0.851. The highest BCUT2D eigenvalue weighted by Crippen LogP contribution is 2.31. The minimum atomic E-state index is 0.0159. The number of benzene rings is 1. The molecular weight excluding hydrogens is 250 g/mol. The van der Waals surface area contributed by atoms with Gasteiger partial charge < -0.3 is 14.5 Å². The van der Waals surface area contributed by atoms with E-state index in [0.717, 1.165) is 22.4 Å². The maximum Gasteiger partial charge on any atom is 0.198 e. The van der Waals surface area contributed by atoms with Gasteiger partial charge in [0, 0.05) is 5.56 Å². The largest absolute Gasteiger partial charge is 0.497 e. The normalized spacial score (nSPS) is 12.4. The Morgan fingerprint density at radius 1 is 1.28 bits per heavy atom. The molecule has 1 atom stereocenters. The molecule has 96 valence electrons. The zero-order valence-electron chi connectivity index (χ0n) is 10.7. The standard InChI is InChI=1S/C14H16ClNO2/c1-9-8-10(17-3)4-5-11(9)13(16-2)12-6-7-18-14(12)15/h4-8,13,16H,1-3H3. The van der Waals surface area contributed by atoms with Gasteiger partial charge in [-0.05, 0) is 54.9 Å². The van der Waals surface area contributed by atoms with Gasteiger partial charge in [0.1, 0.15) is 5.75 Å². The van der Waals surface area contributed by atoms with Crippen LogP contribution >= 0.6 is 11.6 Å². The molecule has 0 spiro atoms. The SMILES string of the molecule is CNC(c1ccc(OC)cc1C)c1ccoc1Cl. The summed E-state index contributed by atoms with van der Waals surface area (Å²) in [6, 6.07) is 7.89. The zero-order chi connectivity index (χ0) is 13.1. The quantitative estimate of drug-likeness (QED) is 0.918. The smallest absolute Gasteiger partial charge is 0.198 e. The lowest BCUT2D eigenvalue weighted by Gasteiger charge is -2.18. The fourth-order valence-corrected chi connectivity index (χ4v) is 2.31. The minimum absolute atomic E-state index is 0.0159. The molecule has 3 nitrogen and oxygen atoms in total. The third-order valence-electron chi connectivity index (χ3n) is 3.03. The lowest BCUT2D eigenvalue weighted by atomic mass is 9.97. The van der Waals surface area contributed by atoms with Crippen molar-refractivity contribution in [1.29, 1.82) is 0 Å². The van der Waals surface area contributed by atoms with Crippen LogP contribution in [0.5, 0.6) is 5.75 Å². The molecule has 1 aromatic carbocycles. The Kier molecular flexibility index (Phi) is 3.94. The Labute approximate surface area is 112 Å². The van der Waals surface area contributed by atoms with Crippen LogP contribution in [0.2, 0.25) is 5.22 Å². The molecule has 0 aliphatic rings. The number of hydrogen-bond acceptors (Lipinski definition) is 3. The van der Waals surface area contributed by atoms with Crippen LogP contribution in [0.1, 0.15) is 22.7 Å². The maximum atomic E-state index is 6.04. The second-order valence-electron chi connectivity index (χ2n) is 4.09. The molecule has 2 aromatic rings. The van der Waals surface area contributed by atoms with Crippen LogP contribution in [0.15, 0.2) is 34.9 Å². The molecule has 1 aromatic heterocycles. The third kappa shape index (κ3) is 2.37. The van der Waals surface area contributed by atoms with Crippen molar-refractivity contribution in [3.63, 3.8) is 0 Å². The molecule has 0 fully saturated rings.